The third-order valence-electron chi connectivity index (χ3n) is 4.92. The lowest BCUT2D eigenvalue weighted by Crippen LogP contribution is -2.53. The van der Waals surface area contributed by atoms with Crippen LogP contribution in [0.25, 0.3) is 0 Å². The number of carbonyl (C=O) groups is 1. The second-order valence-electron chi connectivity index (χ2n) is 7.03. The van der Waals surface area contributed by atoms with Gasteiger partial charge in [0.25, 0.3) is 0 Å². The molecule has 1 saturated carbocycles. The highest BCUT2D eigenvalue weighted by atomic mass is 16.5. The van der Waals surface area contributed by atoms with Crippen LogP contribution in [0.2, 0.25) is 0 Å². The highest BCUT2D eigenvalue weighted by Gasteiger charge is 2.39. The summed E-state index contributed by atoms with van der Waals surface area (Å²) in [6, 6.07) is 1.16. The van der Waals surface area contributed by atoms with E-state index in [4.69, 9.17) is 4.74 Å². The van der Waals surface area contributed by atoms with Crippen LogP contribution in [0.3, 0.4) is 0 Å². The van der Waals surface area contributed by atoms with Gasteiger partial charge in [-0.05, 0) is 59.7 Å². The summed E-state index contributed by atoms with van der Waals surface area (Å²) < 4.78 is 5.00. The van der Waals surface area contributed by atoms with Crippen molar-refractivity contribution in [2.45, 2.75) is 56.7 Å². The number of nitrogens with one attached hydrogen (secondary N) is 1. The van der Waals surface area contributed by atoms with Gasteiger partial charge in [-0.25, -0.2) is 0 Å². The Morgan fingerprint density at radius 2 is 2.14 bits per heavy atom. The molecule has 1 aliphatic heterocycles. The Kier molecular flexibility index (Phi) is 5.63. The topological polar surface area (TPSA) is 44.8 Å². The second kappa shape index (κ2) is 7.07. The maximum Gasteiger partial charge on any atom is 0.325 e. The minimum atomic E-state index is -0.550. The van der Waals surface area contributed by atoms with E-state index < -0.39 is 5.54 Å². The molecule has 0 spiro atoms. The fourth-order valence-corrected chi connectivity index (χ4v) is 3.21. The van der Waals surface area contributed by atoms with Crippen LogP contribution in [-0.2, 0) is 9.53 Å². The molecular weight excluding hydrogens is 266 g/mol. The Morgan fingerprint density at radius 1 is 1.43 bits per heavy atom. The Morgan fingerprint density at radius 3 is 2.67 bits per heavy atom. The molecule has 1 saturated heterocycles. The van der Waals surface area contributed by atoms with Crippen molar-refractivity contribution in [2.75, 3.05) is 40.8 Å². The zero-order valence-electron chi connectivity index (χ0n) is 14.0. The van der Waals surface area contributed by atoms with Gasteiger partial charge in [-0.1, -0.05) is 0 Å². The van der Waals surface area contributed by atoms with Gasteiger partial charge in [-0.15, -0.1) is 0 Å². The number of methoxy groups -OCH3 is 1. The van der Waals surface area contributed by atoms with E-state index in [2.05, 4.69) is 29.2 Å². The van der Waals surface area contributed by atoms with Crippen molar-refractivity contribution in [3.05, 3.63) is 0 Å². The van der Waals surface area contributed by atoms with Crippen molar-refractivity contribution in [3.63, 3.8) is 0 Å². The molecular formula is C16H31N3O2. The molecule has 122 valence electrons. The fourth-order valence-electron chi connectivity index (χ4n) is 3.21. The highest BCUT2D eigenvalue weighted by Crippen LogP contribution is 2.25. The minimum absolute atomic E-state index is 0.138. The maximum absolute atomic E-state index is 12.1. The summed E-state index contributed by atoms with van der Waals surface area (Å²) in [5.41, 5.74) is -0.550. The van der Waals surface area contributed by atoms with Crippen LogP contribution in [0.5, 0.6) is 0 Å². The van der Waals surface area contributed by atoms with Gasteiger partial charge in [0, 0.05) is 25.2 Å². The van der Waals surface area contributed by atoms with E-state index in [-0.39, 0.29) is 5.97 Å². The zero-order valence-corrected chi connectivity index (χ0v) is 14.0. The van der Waals surface area contributed by atoms with Gasteiger partial charge in [-0.3, -0.25) is 10.1 Å². The SMILES string of the molecule is COC(=O)C(C)(CCN(C)CC1CCCN1C)NC1CC1. The summed E-state index contributed by atoms with van der Waals surface area (Å²) >= 11 is 0. The molecule has 5 nitrogen and oxygen atoms in total. The molecule has 0 amide bonds. The van der Waals surface area contributed by atoms with Crippen molar-refractivity contribution < 1.29 is 9.53 Å². The molecule has 0 aromatic rings. The zero-order chi connectivity index (χ0) is 15.5. The number of ether oxygens (including phenoxy) is 1. The first-order valence-corrected chi connectivity index (χ1v) is 8.19. The molecule has 2 fully saturated rings. The van der Waals surface area contributed by atoms with E-state index in [1.165, 1.54) is 39.3 Å². The lowest BCUT2D eigenvalue weighted by atomic mass is 9.97. The van der Waals surface area contributed by atoms with Crippen LogP contribution < -0.4 is 5.32 Å². The summed E-state index contributed by atoms with van der Waals surface area (Å²) in [6.45, 7) is 5.18. The van der Waals surface area contributed by atoms with Gasteiger partial charge in [0.1, 0.15) is 5.54 Å². The third kappa shape index (κ3) is 4.66. The summed E-state index contributed by atoms with van der Waals surface area (Å²) in [6.07, 6.45) is 5.74. The molecule has 2 atom stereocenters. The molecule has 5 heteroatoms. The molecule has 0 aromatic heterocycles. The Balaban J connectivity index is 1.81. The number of likely N-dealkylation sites (tertiary alicyclic amines) is 1. The van der Waals surface area contributed by atoms with E-state index in [0.717, 1.165) is 19.5 Å². The van der Waals surface area contributed by atoms with Crippen LogP contribution >= 0.6 is 0 Å². The van der Waals surface area contributed by atoms with Crippen molar-refractivity contribution in [3.8, 4) is 0 Å². The van der Waals surface area contributed by atoms with Gasteiger partial charge >= 0.3 is 5.97 Å². The van der Waals surface area contributed by atoms with Crippen molar-refractivity contribution in [2.24, 2.45) is 0 Å². The van der Waals surface area contributed by atoms with Gasteiger partial charge in [0.15, 0.2) is 0 Å². The Bertz CT molecular complexity index is 359. The predicted molar refractivity (Wildman–Crippen MR) is 84.3 cm³/mol. The van der Waals surface area contributed by atoms with Crippen LogP contribution in [0.1, 0.15) is 39.0 Å². The summed E-state index contributed by atoms with van der Waals surface area (Å²) in [7, 11) is 5.84. The largest absolute Gasteiger partial charge is 0.468 e. The monoisotopic (exact) mass is 297 g/mol. The molecule has 1 aliphatic carbocycles. The Labute approximate surface area is 129 Å². The molecule has 2 rings (SSSR count). The molecule has 0 radical (unpaired) electrons. The van der Waals surface area contributed by atoms with Crippen LogP contribution in [0, 0.1) is 0 Å². The van der Waals surface area contributed by atoms with Gasteiger partial charge < -0.3 is 14.5 Å². The molecule has 1 heterocycles. The molecule has 0 bridgehead atoms. The number of nitrogens with zero attached hydrogens (tertiary/aromatic N) is 2. The molecule has 2 unspecified atom stereocenters. The van der Waals surface area contributed by atoms with Crippen LogP contribution in [-0.4, -0.2) is 74.2 Å². The van der Waals surface area contributed by atoms with Crippen molar-refractivity contribution in [1.82, 2.24) is 15.1 Å². The first-order chi connectivity index (χ1) is 9.94. The van der Waals surface area contributed by atoms with E-state index >= 15 is 0 Å². The van der Waals surface area contributed by atoms with E-state index in [1.54, 1.807) is 0 Å². The lowest BCUT2D eigenvalue weighted by molar-refractivity contribution is -0.148. The standard InChI is InChI=1S/C16H31N3O2/c1-16(15(20)21-4,17-13-7-8-13)9-11-18(2)12-14-6-5-10-19(14)3/h13-14,17H,5-12H2,1-4H3. The fraction of sp³-hybridized carbons (Fsp3) is 0.938. The highest BCUT2D eigenvalue weighted by molar-refractivity contribution is 5.80. The minimum Gasteiger partial charge on any atom is -0.468 e. The van der Waals surface area contributed by atoms with E-state index in [0.29, 0.717) is 12.1 Å². The van der Waals surface area contributed by atoms with Crippen molar-refractivity contribution >= 4 is 5.97 Å². The lowest BCUT2D eigenvalue weighted by Gasteiger charge is -2.31. The third-order valence-corrected chi connectivity index (χ3v) is 4.92. The first-order valence-electron chi connectivity index (χ1n) is 8.19. The smallest absolute Gasteiger partial charge is 0.325 e. The van der Waals surface area contributed by atoms with E-state index in [1.807, 2.05) is 6.92 Å². The predicted octanol–water partition coefficient (Wildman–Crippen LogP) is 1.09. The van der Waals surface area contributed by atoms with Crippen molar-refractivity contribution in [1.29, 1.82) is 0 Å². The van der Waals surface area contributed by atoms with Crippen LogP contribution in [0.4, 0.5) is 0 Å². The normalized spacial score (nSPS) is 26.0. The number of carbonyl (C=O) groups excluding carboxylic acids is 1. The van der Waals surface area contributed by atoms with E-state index in [9.17, 15) is 4.79 Å². The number of esters is 1. The average molecular weight is 297 g/mol. The summed E-state index contributed by atoms with van der Waals surface area (Å²) in [4.78, 5) is 16.9. The quantitative estimate of drug-likeness (QED) is 0.679. The second-order valence-corrected chi connectivity index (χ2v) is 7.03. The maximum atomic E-state index is 12.1. The van der Waals surface area contributed by atoms with Gasteiger partial charge in [0.05, 0.1) is 7.11 Å². The number of hydrogen-bond donors (Lipinski definition) is 1. The van der Waals surface area contributed by atoms with Gasteiger partial charge in [-0.2, -0.15) is 0 Å². The molecule has 21 heavy (non-hydrogen) atoms. The molecule has 0 aromatic carbocycles. The average Bonchev–Trinajstić information content (AvgIpc) is 3.18. The number of rotatable bonds is 8. The Hall–Kier alpha value is -0.650. The number of hydrogen-bond acceptors (Lipinski definition) is 5. The number of likely N-dealkylation sites (N-methyl/N-ethyl adjacent to an activating group) is 2. The van der Waals surface area contributed by atoms with Crippen LogP contribution in [0.15, 0.2) is 0 Å². The molecule has 2 aliphatic rings. The molecule has 1 N–H and O–H groups in total. The first kappa shape index (κ1) is 16.7. The van der Waals surface area contributed by atoms with Gasteiger partial charge in [0.2, 0.25) is 0 Å². The summed E-state index contributed by atoms with van der Waals surface area (Å²) in [5.74, 6) is -0.138. The summed E-state index contributed by atoms with van der Waals surface area (Å²) in [5, 5.41) is 3.46.